The van der Waals surface area contributed by atoms with E-state index in [2.05, 4.69) is 0 Å². The van der Waals surface area contributed by atoms with Crippen LogP contribution in [0.25, 0.3) is 11.1 Å². The van der Waals surface area contributed by atoms with Crippen molar-refractivity contribution in [2.24, 2.45) is 0 Å². The lowest BCUT2D eigenvalue weighted by Crippen LogP contribution is -2.18. The molecule has 0 aliphatic rings. The largest absolute Gasteiger partial charge is 0.461 e. The number of ether oxygens (including phenoxy) is 1. The van der Waals surface area contributed by atoms with Gasteiger partial charge in [-0.1, -0.05) is 30.3 Å². The summed E-state index contributed by atoms with van der Waals surface area (Å²) in [5.41, 5.74) is 2.10. The van der Waals surface area contributed by atoms with E-state index < -0.39 is 5.97 Å². The third-order valence-corrected chi connectivity index (χ3v) is 2.47. The predicted molar refractivity (Wildman–Crippen MR) is 66.0 cm³/mol. The molecule has 2 rings (SSSR count). The molecule has 0 spiro atoms. The summed E-state index contributed by atoms with van der Waals surface area (Å²) >= 11 is 0. The number of esters is 1. The van der Waals surface area contributed by atoms with Gasteiger partial charge in [0.15, 0.2) is 5.69 Å². The van der Waals surface area contributed by atoms with Crippen LogP contribution in [0.5, 0.6) is 0 Å². The summed E-state index contributed by atoms with van der Waals surface area (Å²) in [4.78, 5) is 11.8. The highest BCUT2D eigenvalue weighted by molar-refractivity contribution is 5.96. The Morgan fingerprint density at radius 2 is 2.00 bits per heavy atom. The van der Waals surface area contributed by atoms with Gasteiger partial charge in [0, 0.05) is 11.8 Å². The normalized spacial score (nSPS) is 10.2. The van der Waals surface area contributed by atoms with Crippen molar-refractivity contribution in [2.45, 2.75) is 6.92 Å². The van der Waals surface area contributed by atoms with Gasteiger partial charge in [-0.25, -0.2) is 4.79 Å². The minimum Gasteiger partial charge on any atom is -0.461 e. The van der Waals surface area contributed by atoms with E-state index in [-0.39, 0.29) is 0 Å². The summed E-state index contributed by atoms with van der Waals surface area (Å²) in [5.74, 6) is 5.32. The summed E-state index contributed by atoms with van der Waals surface area (Å²) in [6.07, 6.45) is 1.65. The number of nitrogen functional groups attached to an aromatic ring is 1. The highest BCUT2D eigenvalue weighted by Crippen LogP contribution is 2.24. The van der Waals surface area contributed by atoms with E-state index in [1.807, 2.05) is 36.4 Å². The van der Waals surface area contributed by atoms with Crippen molar-refractivity contribution >= 4 is 5.97 Å². The predicted octanol–water partition coefficient (Wildman–Crippen LogP) is 2.05. The Bertz CT molecular complexity index is 517. The third-order valence-electron chi connectivity index (χ3n) is 2.47. The van der Waals surface area contributed by atoms with E-state index >= 15 is 0 Å². The van der Waals surface area contributed by atoms with Crippen molar-refractivity contribution in [2.75, 3.05) is 12.4 Å². The molecule has 0 atom stereocenters. The number of hydrogen-bond acceptors (Lipinski definition) is 3. The minimum atomic E-state index is -0.404. The number of aromatic nitrogens is 1. The van der Waals surface area contributed by atoms with Crippen LogP contribution in [0.3, 0.4) is 0 Å². The zero-order chi connectivity index (χ0) is 12.3. The van der Waals surface area contributed by atoms with Crippen LogP contribution in [-0.4, -0.2) is 17.3 Å². The lowest BCUT2D eigenvalue weighted by atomic mass is 10.1. The van der Waals surface area contributed by atoms with Crippen LogP contribution >= 0.6 is 0 Å². The Hall–Kier alpha value is -2.23. The standard InChI is InChI=1S/C13H14N2O2/c1-2-17-13(16)12-11(8-9-15(12)14)10-6-4-3-5-7-10/h3-9H,2,14H2,1H3. The van der Waals surface area contributed by atoms with Crippen LogP contribution < -0.4 is 5.84 Å². The molecule has 88 valence electrons. The first kappa shape index (κ1) is 11.3. The molecule has 1 heterocycles. The van der Waals surface area contributed by atoms with Crippen LogP contribution in [0.15, 0.2) is 42.6 Å². The number of rotatable bonds is 3. The summed E-state index contributed by atoms with van der Waals surface area (Å²) in [6.45, 7) is 2.10. The van der Waals surface area contributed by atoms with Gasteiger partial charge in [0.2, 0.25) is 0 Å². The quantitative estimate of drug-likeness (QED) is 0.648. The summed E-state index contributed by atoms with van der Waals surface area (Å²) in [5, 5.41) is 0. The molecule has 0 saturated heterocycles. The molecule has 0 bridgehead atoms. The number of carbonyl (C=O) groups is 1. The fraction of sp³-hybridized carbons (Fsp3) is 0.154. The maximum absolute atomic E-state index is 11.8. The first-order valence-electron chi connectivity index (χ1n) is 5.43. The number of benzene rings is 1. The number of carbonyl (C=O) groups excluding carboxylic acids is 1. The molecular weight excluding hydrogens is 216 g/mol. The second-order valence-corrected chi connectivity index (χ2v) is 3.57. The second-order valence-electron chi connectivity index (χ2n) is 3.57. The molecule has 0 amide bonds. The molecule has 4 heteroatoms. The molecule has 17 heavy (non-hydrogen) atoms. The van der Waals surface area contributed by atoms with Gasteiger partial charge in [-0.15, -0.1) is 0 Å². The summed E-state index contributed by atoms with van der Waals surface area (Å²) in [6, 6.07) is 11.4. The highest BCUT2D eigenvalue weighted by atomic mass is 16.5. The van der Waals surface area contributed by atoms with Gasteiger partial charge in [0.25, 0.3) is 0 Å². The number of hydrogen-bond donors (Lipinski definition) is 1. The van der Waals surface area contributed by atoms with Crippen molar-refractivity contribution in [1.82, 2.24) is 4.68 Å². The van der Waals surface area contributed by atoms with Crippen LogP contribution in [0, 0.1) is 0 Å². The Morgan fingerprint density at radius 1 is 1.29 bits per heavy atom. The van der Waals surface area contributed by atoms with Gasteiger partial charge >= 0.3 is 5.97 Å². The molecule has 4 nitrogen and oxygen atoms in total. The van der Waals surface area contributed by atoms with Gasteiger partial charge in [-0.2, -0.15) is 0 Å². The Labute approximate surface area is 99.6 Å². The van der Waals surface area contributed by atoms with Crippen molar-refractivity contribution < 1.29 is 9.53 Å². The molecule has 0 radical (unpaired) electrons. The van der Waals surface area contributed by atoms with Crippen LogP contribution in [0.1, 0.15) is 17.4 Å². The van der Waals surface area contributed by atoms with Gasteiger partial charge in [0.1, 0.15) is 0 Å². The van der Waals surface area contributed by atoms with E-state index in [0.717, 1.165) is 11.1 Å². The Kier molecular flexibility index (Phi) is 3.14. The van der Waals surface area contributed by atoms with Crippen molar-refractivity contribution in [3.63, 3.8) is 0 Å². The zero-order valence-electron chi connectivity index (χ0n) is 9.59. The fourth-order valence-electron chi connectivity index (χ4n) is 1.71. The molecule has 0 aliphatic carbocycles. The van der Waals surface area contributed by atoms with E-state index in [9.17, 15) is 4.79 Å². The summed E-state index contributed by atoms with van der Waals surface area (Å²) in [7, 11) is 0. The third kappa shape index (κ3) is 2.15. The molecule has 1 aromatic carbocycles. The van der Waals surface area contributed by atoms with Gasteiger partial charge in [-0.3, -0.25) is 4.68 Å². The molecule has 0 aliphatic heterocycles. The van der Waals surface area contributed by atoms with Crippen molar-refractivity contribution in [3.8, 4) is 11.1 Å². The monoisotopic (exact) mass is 230 g/mol. The van der Waals surface area contributed by atoms with Gasteiger partial charge in [-0.05, 0) is 18.6 Å². The topological polar surface area (TPSA) is 57.2 Å². The van der Waals surface area contributed by atoms with Crippen LogP contribution in [0.4, 0.5) is 0 Å². The van der Waals surface area contributed by atoms with Crippen LogP contribution in [0.2, 0.25) is 0 Å². The fourth-order valence-corrected chi connectivity index (χ4v) is 1.71. The Morgan fingerprint density at radius 3 is 2.65 bits per heavy atom. The van der Waals surface area contributed by atoms with E-state index in [0.29, 0.717) is 12.3 Å². The maximum Gasteiger partial charge on any atom is 0.357 e. The smallest absolute Gasteiger partial charge is 0.357 e. The molecular formula is C13H14N2O2. The van der Waals surface area contributed by atoms with Crippen molar-refractivity contribution in [1.29, 1.82) is 0 Å². The average Bonchev–Trinajstić information content (AvgIpc) is 2.73. The maximum atomic E-state index is 11.8. The second kappa shape index (κ2) is 4.74. The molecule has 0 fully saturated rings. The van der Waals surface area contributed by atoms with Crippen molar-refractivity contribution in [3.05, 3.63) is 48.3 Å². The van der Waals surface area contributed by atoms with Gasteiger partial charge in [0.05, 0.1) is 6.61 Å². The van der Waals surface area contributed by atoms with Gasteiger partial charge < -0.3 is 10.6 Å². The van der Waals surface area contributed by atoms with E-state index in [1.54, 1.807) is 13.1 Å². The number of nitrogens with two attached hydrogens (primary N) is 1. The van der Waals surface area contributed by atoms with E-state index in [1.165, 1.54) is 4.68 Å². The molecule has 0 unspecified atom stereocenters. The zero-order valence-corrected chi connectivity index (χ0v) is 9.59. The molecule has 2 aromatic rings. The highest BCUT2D eigenvalue weighted by Gasteiger charge is 2.18. The molecule has 2 N–H and O–H groups in total. The van der Waals surface area contributed by atoms with Crippen LogP contribution in [-0.2, 0) is 4.74 Å². The lowest BCUT2D eigenvalue weighted by Gasteiger charge is -2.06. The molecule has 1 aromatic heterocycles. The number of nitrogens with zero attached hydrogens (tertiary/aromatic N) is 1. The lowest BCUT2D eigenvalue weighted by molar-refractivity contribution is 0.0517. The molecule has 0 saturated carbocycles. The average molecular weight is 230 g/mol. The summed E-state index contributed by atoms with van der Waals surface area (Å²) < 4.78 is 6.28. The first-order valence-corrected chi connectivity index (χ1v) is 5.43. The minimum absolute atomic E-state index is 0.332. The SMILES string of the molecule is CCOC(=O)c1c(-c2ccccc2)ccn1N. The van der Waals surface area contributed by atoms with E-state index in [4.69, 9.17) is 10.6 Å². The first-order chi connectivity index (χ1) is 8.24. The Balaban J connectivity index is 2.46.